The van der Waals surface area contributed by atoms with E-state index in [1.807, 2.05) is 31.2 Å². The first kappa shape index (κ1) is 14.2. The van der Waals surface area contributed by atoms with Crippen LogP contribution in [0.5, 0.6) is 5.88 Å². The summed E-state index contributed by atoms with van der Waals surface area (Å²) in [5.74, 6) is 1.40. The Morgan fingerprint density at radius 3 is 2.71 bits per heavy atom. The Morgan fingerprint density at radius 1 is 1.10 bits per heavy atom. The van der Waals surface area contributed by atoms with E-state index in [1.54, 1.807) is 6.07 Å². The molecule has 21 heavy (non-hydrogen) atoms. The van der Waals surface area contributed by atoms with Crippen molar-refractivity contribution < 1.29 is 4.74 Å². The number of benzene rings is 1. The zero-order valence-electron chi connectivity index (χ0n) is 11.4. The van der Waals surface area contributed by atoms with Crippen LogP contribution in [0, 0.1) is 0 Å². The van der Waals surface area contributed by atoms with Crippen molar-refractivity contribution >= 4 is 34.4 Å². The van der Waals surface area contributed by atoms with Gasteiger partial charge in [-0.25, -0.2) is 4.98 Å². The molecule has 0 bridgehead atoms. The van der Waals surface area contributed by atoms with Gasteiger partial charge >= 0.3 is 0 Å². The maximum absolute atomic E-state index is 6.02. The molecule has 108 valence electrons. The van der Waals surface area contributed by atoms with Gasteiger partial charge in [0.25, 0.3) is 0 Å². The van der Waals surface area contributed by atoms with Gasteiger partial charge in [-0.2, -0.15) is 4.98 Å². The van der Waals surface area contributed by atoms with Gasteiger partial charge in [0.2, 0.25) is 5.88 Å². The molecule has 3 aromatic rings. The molecule has 0 amide bonds. The second kappa shape index (κ2) is 5.92. The molecule has 2 heterocycles. The molecule has 0 aliphatic rings. The number of aromatic amines is 1. The number of halogens is 2. The summed E-state index contributed by atoms with van der Waals surface area (Å²) in [7, 11) is 0. The Balaban J connectivity index is 1.88. The highest BCUT2D eigenvalue weighted by Gasteiger charge is 2.07. The van der Waals surface area contributed by atoms with Crippen molar-refractivity contribution in [3.05, 3.63) is 51.8 Å². The second-order valence-corrected chi connectivity index (χ2v) is 5.38. The first-order chi connectivity index (χ1) is 10.2. The summed E-state index contributed by atoms with van der Waals surface area (Å²) in [6.07, 6.45) is 0.636. The molecule has 0 unspecified atom stereocenters. The Kier molecular flexibility index (Phi) is 3.99. The minimum atomic E-state index is 0.544. The van der Waals surface area contributed by atoms with E-state index in [9.17, 15) is 0 Å². The van der Waals surface area contributed by atoms with E-state index in [-0.39, 0.29) is 0 Å². The van der Waals surface area contributed by atoms with Crippen molar-refractivity contribution in [1.82, 2.24) is 15.0 Å². The van der Waals surface area contributed by atoms with Gasteiger partial charge in [0.1, 0.15) is 5.82 Å². The molecule has 0 aliphatic heterocycles. The maximum atomic E-state index is 6.02. The first-order valence-electron chi connectivity index (χ1n) is 6.58. The molecule has 1 N–H and O–H groups in total. The van der Waals surface area contributed by atoms with Crippen molar-refractivity contribution in [2.24, 2.45) is 0 Å². The van der Waals surface area contributed by atoms with Gasteiger partial charge < -0.3 is 9.72 Å². The number of H-pyrrole nitrogens is 1. The molecule has 0 aliphatic carbocycles. The van der Waals surface area contributed by atoms with Crippen LogP contribution in [0.25, 0.3) is 11.2 Å². The summed E-state index contributed by atoms with van der Waals surface area (Å²) < 4.78 is 5.37. The van der Waals surface area contributed by atoms with Gasteiger partial charge in [0, 0.05) is 12.5 Å². The standard InChI is InChI=1S/C15H13Cl2N3O/c1-2-21-14-6-5-12-15(20-14)19-13(18-12)8-9-3-4-10(16)11(17)7-9/h3-7H,2,8H2,1H3,(H,18,19,20). The molecule has 1 aromatic carbocycles. The zero-order valence-corrected chi connectivity index (χ0v) is 12.9. The van der Waals surface area contributed by atoms with Gasteiger partial charge in [-0.1, -0.05) is 29.3 Å². The lowest BCUT2D eigenvalue weighted by Gasteiger charge is -2.00. The van der Waals surface area contributed by atoms with Crippen molar-refractivity contribution in [1.29, 1.82) is 0 Å². The Labute approximate surface area is 132 Å². The quantitative estimate of drug-likeness (QED) is 0.781. The van der Waals surface area contributed by atoms with Gasteiger partial charge in [-0.15, -0.1) is 0 Å². The van der Waals surface area contributed by atoms with Gasteiger partial charge in [0.15, 0.2) is 5.65 Å². The number of imidazole rings is 1. The summed E-state index contributed by atoms with van der Waals surface area (Å²) in [6, 6.07) is 9.30. The van der Waals surface area contributed by atoms with Crippen molar-refractivity contribution in [3.63, 3.8) is 0 Å². The van der Waals surface area contributed by atoms with E-state index < -0.39 is 0 Å². The molecule has 4 nitrogen and oxygen atoms in total. The minimum Gasteiger partial charge on any atom is -0.478 e. The first-order valence-corrected chi connectivity index (χ1v) is 7.33. The summed E-state index contributed by atoms with van der Waals surface area (Å²) in [5.41, 5.74) is 2.57. The average molecular weight is 322 g/mol. The molecule has 0 radical (unpaired) electrons. The van der Waals surface area contributed by atoms with Crippen LogP contribution in [0.1, 0.15) is 18.3 Å². The van der Waals surface area contributed by atoms with Crippen LogP contribution in [0.2, 0.25) is 10.0 Å². The number of rotatable bonds is 4. The number of aromatic nitrogens is 3. The highest BCUT2D eigenvalue weighted by molar-refractivity contribution is 6.42. The monoisotopic (exact) mass is 321 g/mol. The number of ether oxygens (including phenoxy) is 1. The Morgan fingerprint density at radius 2 is 1.95 bits per heavy atom. The van der Waals surface area contributed by atoms with Crippen molar-refractivity contribution in [2.75, 3.05) is 6.61 Å². The molecule has 3 rings (SSSR count). The van der Waals surface area contributed by atoms with E-state index in [0.29, 0.717) is 34.6 Å². The Bertz CT molecular complexity index is 786. The molecule has 0 spiro atoms. The molecule has 0 fully saturated rings. The third-order valence-electron chi connectivity index (χ3n) is 3.02. The van der Waals surface area contributed by atoms with Crippen LogP contribution < -0.4 is 4.74 Å². The SMILES string of the molecule is CCOc1ccc2[nH]c(Cc3ccc(Cl)c(Cl)c3)nc2n1. The van der Waals surface area contributed by atoms with Crippen LogP contribution in [-0.4, -0.2) is 21.6 Å². The fraction of sp³-hybridized carbons (Fsp3) is 0.200. The summed E-state index contributed by atoms with van der Waals surface area (Å²) >= 11 is 11.9. The molecule has 6 heteroatoms. The molecule has 2 aromatic heterocycles. The largest absolute Gasteiger partial charge is 0.478 e. The highest BCUT2D eigenvalue weighted by atomic mass is 35.5. The number of hydrogen-bond donors (Lipinski definition) is 1. The van der Waals surface area contributed by atoms with Crippen LogP contribution in [0.15, 0.2) is 30.3 Å². The van der Waals surface area contributed by atoms with E-state index in [0.717, 1.165) is 16.9 Å². The number of pyridine rings is 1. The van der Waals surface area contributed by atoms with Crippen LogP contribution in [-0.2, 0) is 6.42 Å². The van der Waals surface area contributed by atoms with Crippen LogP contribution >= 0.6 is 23.2 Å². The molecule has 0 saturated heterocycles. The predicted molar refractivity (Wildman–Crippen MR) is 84.3 cm³/mol. The third-order valence-corrected chi connectivity index (χ3v) is 3.76. The van der Waals surface area contributed by atoms with Gasteiger partial charge in [-0.3, -0.25) is 0 Å². The van der Waals surface area contributed by atoms with Crippen molar-refractivity contribution in [3.8, 4) is 5.88 Å². The maximum Gasteiger partial charge on any atom is 0.215 e. The smallest absolute Gasteiger partial charge is 0.215 e. The van der Waals surface area contributed by atoms with Gasteiger partial charge in [-0.05, 0) is 30.7 Å². The minimum absolute atomic E-state index is 0.544. The summed E-state index contributed by atoms with van der Waals surface area (Å²) in [6.45, 7) is 2.51. The topological polar surface area (TPSA) is 50.8 Å². The summed E-state index contributed by atoms with van der Waals surface area (Å²) in [4.78, 5) is 12.1. The average Bonchev–Trinajstić information content (AvgIpc) is 2.85. The lowest BCUT2D eigenvalue weighted by atomic mass is 10.1. The van der Waals surface area contributed by atoms with Crippen molar-refractivity contribution in [2.45, 2.75) is 13.3 Å². The second-order valence-electron chi connectivity index (χ2n) is 4.56. The molecule has 0 atom stereocenters. The fourth-order valence-corrected chi connectivity index (χ4v) is 2.40. The number of nitrogens with one attached hydrogen (secondary N) is 1. The van der Waals surface area contributed by atoms with E-state index in [1.165, 1.54) is 0 Å². The lowest BCUT2D eigenvalue weighted by molar-refractivity contribution is 0.328. The fourth-order valence-electron chi connectivity index (χ4n) is 2.08. The molecular formula is C15H13Cl2N3O. The molecular weight excluding hydrogens is 309 g/mol. The Hall–Kier alpha value is -1.78. The number of fused-ring (bicyclic) bond motifs is 1. The van der Waals surface area contributed by atoms with E-state index >= 15 is 0 Å². The van der Waals surface area contributed by atoms with Crippen LogP contribution in [0.3, 0.4) is 0 Å². The van der Waals surface area contributed by atoms with Gasteiger partial charge in [0.05, 0.1) is 22.2 Å². The predicted octanol–water partition coefficient (Wildman–Crippen LogP) is 4.25. The van der Waals surface area contributed by atoms with Crippen LogP contribution in [0.4, 0.5) is 0 Å². The summed E-state index contributed by atoms with van der Waals surface area (Å²) in [5, 5.41) is 1.09. The highest BCUT2D eigenvalue weighted by Crippen LogP contribution is 2.24. The normalized spacial score (nSPS) is 11.0. The number of hydrogen-bond acceptors (Lipinski definition) is 3. The molecule has 0 saturated carbocycles. The third kappa shape index (κ3) is 3.12. The van der Waals surface area contributed by atoms with E-state index in [4.69, 9.17) is 27.9 Å². The number of nitrogens with zero attached hydrogens (tertiary/aromatic N) is 2. The van der Waals surface area contributed by atoms with E-state index in [2.05, 4.69) is 15.0 Å². The zero-order chi connectivity index (χ0) is 14.8. The lowest BCUT2D eigenvalue weighted by Crippen LogP contribution is -1.93.